The lowest BCUT2D eigenvalue weighted by molar-refractivity contribution is -0.126. The predicted molar refractivity (Wildman–Crippen MR) is 120 cm³/mol. The standard InChI is InChI=1S/C22H24BrN3O5/c1-30-18-8-7-17(12-19(18)31-2)26-13-14(11-21(26)28)22(29)24-10-9-20(27)25-16-5-3-15(23)4-6-16/h3-8,12,14H,9-11,13H2,1-2H3,(H,24,29)(H,25,27). The number of rotatable bonds is 8. The average Bonchev–Trinajstić information content (AvgIpc) is 3.16. The monoisotopic (exact) mass is 489 g/mol. The molecule has 2 aromatic rings. The fourth-order valence-corrected chi connectivity index (χ4v) is 3.59. The van der Waals surface area contributed by atoms with Gasteiger partial charge in [0.25, 0.3) is 0 Å². The van der Waals surface area contributed by atoms with Crippen LogP contribution in [-0.2, 0) is 14.4 Å². The smallest absolute Gasteiger partial charge is 0.227 e. The molecule has 1 fully saturated rings. The van der Waals surface area contributed by atoms with Crippen LogP contribution in [0.5, 0.6) is 11.5 Å². The lowest BCUT2D eigenvalue weighted by Crippen LogP contribution is -2.34. The van der Waals surface area contributed by atoms with Gasteiger partial charge in [-0.1, -0.05) is 15.9 Å². The van der Waals surface area contributed by atoms with Crippen molar-refractivity contribution in [1.29, 1.82) is 0 Å². The highest BCUT2D eigenvalue weighted by Crippen LogP contribution is 2.34. The Morgan fingerprint density at radius 2 is 1.81 bits per heavy atom. The Hall–Kier alpha value is -3.07. The Morgan fingerprint density at radius 1 is 1.10 bits per heavy atom. The summed E-state index contributed by atoms with van der Waals surface area (Å²) in [7, 11) is 3.06. The van der Waals surface area contributed by atoms with Gasteiger partial charge >= 0.3 is 0 Å². The molecular weight excluding hydrogens is 466 g/mol. The van der Waals surface area contributed by atoms with Gasteiger partial charge in [-0.05, 0) is 36.4 Å². The number of nitrogens with zero attached hydrogens (tertiary/aromatic N) is 1. The minimum atomic E-state index is -0.477. The largest absolute Gasteiger partial charge is 0.493 e. The number of nitrogens with one attached hydrogen (secondary N) is 2. The molecule has 1 heterocycles. The molecule has 0 saturated carbocycles. The number of ether oxygens (including phenoxy) is 2. The van der Waals surface area contributed by atoms with Crippen molar-refractivity contribution in [2.24, 2.45) is 5.92 Å². The van der Waals surface area contributed by atoms with Crippen molar-refractivity contribution in [3.8, 4) is 11.5 Å². The third-order valence-electron chi connectivity index (χ3n) is 4.95. The topological polar surface area (TPSA) is 97.0 Å². The summed E-state index contributed by atoms with van der Waals surface area (Å²) in [5, 5.41) is 5.53. The number of methoxy groups -OCH3 is 2. The fourth-order valence-electron chi connectivity index (χ4n) is 3.33. The fraction of sp³-hybridized carbons (Fsp3) is 0.318. The van der Waals surface area contributed by atoms with Gasteiger partial charge < -0.3 is 25.0 Å². The van der Waals surface area contributed by atoms with Gasteiger partial charge in [-0.3, -0.25) is 14.4 Å². The van der Waals surface area contributed by atoms with Crippen molar-refractivity contribution in [3.63, 3.8) is 0 Å². The second-order valence-corrected chi connectivity index (χ2v) is 7.96. The van der Waals surface area contributed by atoms with Gasteiger partial charge in [0, 0.05) is 47.8 Å². The molecule has 3 amide bonds. The summed E-state index contributed by atoms with van der Waals surface area (Å²) in [6, 6.07) is 12.4. The maximum Gasteiger partial charge on any atom is 0.227 e. The van der Waals surface area contributed by atoms with Crippen LogP contribution in [0.3, 0.4) is 0 Å². The normalized spacial score (nSPS) is 15.5. The molecule has 1 unspecified atom stereocenters. The van der Waals surface area contributed by atoms with Crippen molar-refractivity contribution in [1.82, 2.24) is 5.32 Å². The van der Waals surface area contributed by atoms with Gasteiger partial charge in [0.1, 0.15) is 0 Å². The number of halogens is 1. The highest BCUT2D eigenvalue weighted by atomic mass is 79.9. The van der Waals surface area contributed by atoms with E-state index in [1.54, 1.807) is 35.2 Å². The number of benzene rings is 2. The van der Waals surface area contributed by atoms with E-state index in [9.17, 15) is 14.4 Å². The first kappa shape index (κ1) is 22.6. The molecule has 2 N–H and O–H groups in total. The summed E-state index contributed by atoms with van der Waals surface area (Å²) >= 11 is 3.34. The third-order valence-corrected chi connectivity index (χ3v) is 5.48. The summed E-state index contributed by atoms with van der Waals surface area (Å²) in [4.78, 5) is 38.6. The number of amides is 3. The van der Waals surface area contributed by atoms with E-state index in [2.05, 4.69) is 26.6 Å². The molecule has 9 heteroatoms. The Bertz CT molecular complexity index is 964. The zero-order chi connectivity index (χ0) is 22.4. The molecule has 0 aromatic heterocycles. The van der Waals surface area contributed by atoms with Gasteiger partial charge in [-0.15, -0.1) is 0 Å². The number of carbonyl (C=O) groups excluding carboxylic acids is 3. The minimum absolute atomic E-state index is 0.116. The van der Waals surface area contributed by atoms with Crippen molar-refractivity contribution >= 4 is 45.0 Å². The summed E-state index contributed by atoms with van der Waals surface area (Å²) in [6.07, 6.45) is 0.257. The molecule has 0 aliphatic carbocycles. The zero-order valence-corrected chi connectivity index (χ0v) is 18.9. The molecular formula is C22H24BrN3O5. The molecule has 164 valence electrons. The Morgan fingerprint density at radius 3 is 2.48 bits per heavy atom. The minimum Gasteiger partial charge on any atom is -0.493 e. The van der Waals surface area contributed by atoms with Crippen molar-refractivity contribution < 1.29 is 23.9 Å². The van der Waals surface area contributed by atoms with Crippen LogP contribution in [-0.4, -0.2) is 45.0 Å². The number of carbonyl (C=O) groups is 3. The molecule has 1 saturated heterocycles. The van der Waals surface area contributed by atoms with Crippen molar-refractivity contribution in [2.45, 2.75) is 12.8 Å². The van der Waals surface area contributed by atoms with E-state index in [1.807, 2.05) is 12.1 Å². The zero-order valence-electron chi connectivity index (χ0n) is 17.3. The Labute approximate surface area is 189 Å². The van der Waals surface area contributed by atoms with Crippen LogP contribution in [0.15, 0.2) is 46.9 Å². The van der Waals surface area contributed by atoms with Gasteiger partial charge in [-0.2, -0.15) is 0 Å². The first-order valence-corrected chi connectivity index (χ1v) is 10.6. The number of hydrogen-bond donors (Lipinski definition) is 2. The third kappa shape index (κ3) is 5.75. The first-order valence-electron chi connectivity index (χ1n) is 9.76. The lowest BCUT2D eigenvalue weighted by atomic mass is 10.1. The van der Waals surface area contributed by atoms with Gasteiger partial charge in [0.15, 0.2) is 11.5 Å². The van der Waals surface area contributed by atoms with Crippen molar-refractivity contribution in [3.05, 3.63) is 46.9 Å². The molecule has 0 spiro atoms. The van der Waals surface area contributed by atoms with E-state index < -0.39 is 5.92 Å². The quantitative estimate of drug-likeness (QED) is 0.593. The van der Waals surface area contributed by atoms with Crippen LogP contribution < -0.4 is 25.0 Å². The van der Waals surface area contributed by atoms with E-state index in [4.69, 9.17) is 9.47 Å². The Balaban J connectivity index is 1.50. The van der Waals surface area contributed by atoms with E-state index in [0.29, 0.717) is 22.9 Å². The summed E-state index contributed by atoms with van der Waals surface area (Å²) < 4.78 is 11.4. The lowest BCUT2D eigenvalue weighted by Gasteiger charge is -2.18. The van der Waals surface area contributed by atoms with E-state index >= 15 is 0 Å². The molecule has 1 aliphatic rings. The maximum absolute atomic E-state index is 12.5. The second kappa shape index (κ2) is 10.3. The van der Waals surface area contributed by atoms with Crippen LogP contribution in [0.2, 0.25) is 0 Å². The van der Waals surface area contributed by atoms with Crippen LogP contribution >= 0.6 is 15.9 Å². The van der Waals surface area contributed by atoms with Gasteiger partial charge in [-0.25, -0.2) is 0 Å². The molecule has 1 atom stereocenters. The first-order chi connectivity index (χ1) is 14.9. The van der Waals surface area contributed by atoms with E-state index in [-0.39, 0.29) is 43.7 Å². The summed E-state index contributed by atoms with van der Waals surface area (Å²) in [5.74, 6) is 0.0198. The summed E-state index contributed by atoms with van der Waals surface area (Å²) in [6.45, 7) is 0.466. The summed E-state index contributed by atoms with van der Waals surface area (Å²) in [5.41, 5.74) is 1.33. The molecule has 0 radical (unpaired) electrons. The van der Waals surface area contributed by atoms with Gasteiger partial charge in [0.2, 0.25) is 17.7 Å². The maximum atomic E-state index is 12.5. The number of anilines is 2. The second-order valence-electron chi connectivity index (χ2n) is 7.04. The van der Waals surface area contributed by atoms with E-state index in [0.717, 1.165) is 4.47 Å². The van der Waals surface area contributed by atoms with E-state index in [1.165, 1.54) is 14.2 Å². The Kier molecular flexibility index (Phi) is 7.51. The number of hydrogen-bond acceptors (Lipinski definition) is 5. The molecule has 31 heavy (non-hydrogen) atoms. The van der Waals surface area contributed by atoms with Crippen LogP contribution in [0, 0.1) is 5.92 Å². The molecule has 0 bridgehead atoms. The molecule has 8 nitrogen and oxygen atoms in total. The SMILES string of the molecule is COc1ccc(N2CC(C(=O)NCCC(=O)Nc3ccc(Br)cc3)CC2=O)cc1OC. The van der Waals surface area contributed by atoms with Crippen molar-refractivity contribution in [2.75, 3.05) is 37.5 Å². The van der Waals surface area contributed by atoms with Gasteiger partial charge in [0.05, 0.1) is 20.1 Å². The average molecular weight is 490 g/mol. The van der Waals surface area contributed by atoms with Crippen LogP contribution in [0.4, 0.5) is 11.4 Å². The molecule has 2 aromatic carbocycles. The van der Waals surface area contributed by atoms with Crippen LogP contribution in [0.1, 0.15) is 12.8 Å². The predicted octanol–water partition coefficient (Wildman–Crippen LogP) is 2.96. The van der Waals surface area contributed by atoms with Crippen LogP contribution in [0.25, 0.3) is 0 Å². The molecule has 3 rings (SSSR count). The highest BCUT2D eigenvalue weighted by molar-refractivity contribution is 9.10. The molecule has 1 aliphatic heterocycles. The highest BCUT2D eigenvalue weighted by Gasteiger charge is 2.35.